The van der Waals surface area contributed by atoms with E-state index in [2.05, 4.69) is 10.3 Å². The average Bonchev–Trinajstić information content (AvgIpc) is 3.07. The van der Waals surface area contributed by atoms with E-state index in [0.29, 0.717) is 25.2 Å². The smallest absolute Gasteiger partial charge is 0.351 e. The van der Waals surface area contributed by atoms with Crippen molar-refractivity contribution in [2.24, 2.45) is 5.92 Å². The maximum atomic E-state index is 12.6. The molecule has 0 aromatic carbocycles. The van der Waals surface area contributed by atoms with Crippen LogP contribution in [0.4, 0.5) is 13.2 Å². The van der Waals surface area contributed by atoms with Crippen molar-refractivity contribution >= 4 is 5.91 Å². The van der Waals surface area contributed by atoms with Crippen molar-refractivity contribution in [2.75, 3.05) is 0 Å². The lowest BCUT2D eigenvalue weighted by Gasteiger charge is -2.24. The van der Waals surface area contributed by atoms with Crippen LogP contribution in [-0.2, 0) is 23.9 Å². The van der Waals surface area contributed by atoms with Gasteiger partial charge in [0, 0.05) is 31.1 Å². The zero-order valence-corrected chi connectivity index (χ0v) is 10.2. The molecular weight excluding hydrogens is 259 g/mol. The van der Waals surface area contributed by atoms with Crippen LogP contribution in [0.2, 0.25) is 0 Å². The van der Waals surface area contributed by atoms with Crippen LogP contribution < -0.4 is 5.32 Å². The number of halogens is 3. The molecule has 4 nitrogen and oxygen atoms in total. The number of aromatic nitrogens is 2. The molecule has 0 radical (unpaired) electrons. The van der Waals surface area contributed by atoms with Gasteiger partial charge in [0.15, 0.2) is 5.69 Å². The number of carbonyl (C=O) groups is 1. The SMILES string of the molecule is O=C(NC1CCc2nc(C(F)(F)F)cn2C1)C1CC1. The predicted molar refractivity (Wildman–Crippen MR) is 60.2 cm³/mol. The van der Waals surface area contributed by atoms with Crippen molar-refractivity contribution < 1.29 is 18.0 Å². The Morgan fingerprint density at radius 1 is 1.37 bits per heavy atom. The highest BCUT2D eigenvalue weighted by Gasteiger charge is 2.36. The molecule has 1 unspecified atom stereocenters. The second-order valence-electron chi connectivity index (χ2n) is 5.21. The Kier molecular flexibility index (Phi) is 2.79. The quantitative estimate of drug-likeness (QED) is 0.892. The molecule has 1 aliphatic carbocycles. The monoisotopic (exact) mass is 273 g/mol. The van der Waals surface area contributed by atoms with Crippen LogP contribution in [-0.4, -0.2) is 21.5 Å². The van der Waals surface area contributed by atoms with Crippen LogP contribution in [0.25, 0.3) is 0 Å². The maximum absolute atomic E-state index is 12.6. The first-order chi connectivity index (χ1) is 8.93. The fourth-order valence-corrected chi connectivity index (χ4v) is 2.36. The minimum Gasteiger partial charge on any atom is -0.351 e. The topological polar surface area (TPSA) is 46.9 Å². The molecule has 2 heterocycles. The van der Waals surface area contributed by atoms with E-state index in [0.717, 1.165) is 19.0 Å². The summed E-state index contributed by atoms with van der Waals surface area (Å²) < 4.78 is 39.2. The van der Waals surface area contributed by atoms with Crippen molar-refractivity contribution in [3.8, 4) is 0 Å². The Morgan fingerprint density at radius 2 is 2.11 bits per heavy atom. The van der Waals surface area contributed by atoms with E-state index in [1.807, 2.05) is 0 Å². The van der Waals surface area contributed by atoms with Crippen LogP contribution in [0.3, 0.4) is 0 Å². The van der Waals surface area contributed by atoms with Crippen LogP contribution >= 0.6 is 0 Å². The molecule has 1 aromatic heterocycles. The molecular formula is C12H14F3N3O. The molecule has 1 atom stereocenters. The van der Waals surface area contributed by atoms with Crippen molar-refractivity contribution in [1.82, 2.24) is 14.9 Å². The van der Waals surface area contributed by atoms with Gasteiger partial charge in [-0.2, -0.15) is 13.2 Å². The summed E-state index contributed by atoms with van der Waals surface area (Å²) in [6.07, 6.45) is -0.416. The highest BCUT2D eigenvalue weighted by Crippen LogP contribution is 2.31. The fraction of sp³-hybridized carbons (Fsp3) is 0.667. The van der Waals surface area contributed by atoms with Gasteiger partial charge in [0.1, 0.15) is 5.82 Å². The Hall–Kier alpha value is -1.53. The first-order valence-electron chi connectivity index (χ1n) is 6.37. The average molecular weight is 273 g/mol. The third kappa shape index (κ3) is 2.59. The van der Waals surface area contributed by atoms with Crippen LogP contribution in [0.1, 0.15) is 30.8 Å². The fourth-order valence-electron chi connectivity index (χ4n) is 2.36. The minimum absolute atomic E-state index is 0.0320. The first kappa shape index (κ1) is 12.5. The molecule has 2 aliphatic rings. The van der Waals surface area contributed by atoms with Gasteiger partial charge >= 0.3 is 6.18 Å². The molecule has 7 heteroatoms. The molecule has 1 amide bonds. The van der Waals surface area contributed by atoms with Crippen molar-refractivity contribution in [2.45, 2.75) is 44.4 Å². The van der Waals surface area contributed by atoms with E-state index >= 15 is 0 Å². The van der Waals surface area contributed by atoms with Gasteiger partial charge in [0.05, 0.1) is 0 Å². The Balaban J connectivity index is 1.69. The van der Waals surface area contributed by atoms with Gasteiger partial charge in [-0.3, -0.25) is 4.79 Å². The van der Waals surface area contributed by atoms with Gasteiger partial charge in [-0.25, -0.2) is 4.98 Å². The summed E-state index contributed by atoms with van der Waals surface area (Å²) in [5.41, 5.74) is -0.850. The third-order valence-electron chi connectivity index (χ3n) is 3.58. The normalized spacial score (nSPS) is 23.0. The number of hydrogen-bond donors (Lipinski definition) is 1. The summed E-state index contributed by atoms with van der Waals surface area (Å²) in [7, 11) is 0. The Bertz CT molecular complexity index is 505. The number of hydrogen-bond acceptors (Lipinski definition) is 2. The molecule has 0 bridgehead atoms. The van der Waals surface area contributed by atoms with Gasteiger partial charge in [-0.15, -0.1) is 0 Å². The molecule has 1 aromatic rings. The van der Waals surface area contributed by atoms with Crippen LogP contribution in [0, 0.1) is 5.92 Å². The molecule has 1 aliphatic heterocycles. The van der Waals surface area contributed by atoms with E-state index in [4.69, 9.17) is 0 Å². The second kappa shape index (κ2) is 4.25. The van der Waals surface area contributed by atoms with Gasteiger partial charge < -0.3 is 9.88 Å². The molecule has 3 rings (SSSR count). The van der Waals surface area contributed by atoms with Crippen LogP contribution in [0.5, 0.6) is 0 Å². The lowest BCUT2D eigenvalue weighted by Crippen LogP contribution is -2.41. The predicted octanol–water partition coefficient (Wildman–Crippen LogP) is 1.74. The van der Waals surface area contributed by atoms with E-state index < -0.39 is 11.9 Å². The minimum atomic E-state index is -4.41. The van der Waals surface area contributed by atoms with Gasteiger partial charge in [0.2, 0.25) is 5.91 Å². The molecule has 104 valence electrons. The van der Waals surface area contributed by atoms with Gasteiger partial charge in [-0.05, 0) is 19.3 Å². The number of rotatable bonds is 2. The van der Waals surface area contributed by atoms with E-state index in [-0.39, 0.29) is 17.9 Å². The number of alkyl halides is 3. The first-order valence-corrected chi connectivity index (χ1v) is 6.37. The van der Waals surface area contributed by atoms with Gasteiger partial charge in [-0.1, -0.05) is 0 Å². The lowest BCUT2D eigenvalue weighted by molar-refractivity contribution is -0.141. The number of nitrogens with one attached hydrogen (secondary N) is 1. The number of carbonyl (C=O) groups excluding carboxylic acids is 1. The molecule has 19 heavy (non-hydrogen) atoms. The van der Waals surface area contributed by atoms with Gasteiger partial charge in [0.25, 0.3) is 0 Å². The number of nitrogens with zero attached hydrogens (tertiary/aromatic N) is 2. The Morgan fingerprint density at radius 3 is 2.74 bits per heavy atom. The summed E-state index contributed by atoms with van der Waals surface area (Å²) in [6, 6.07) is -0.0871. The molecule has 0 spiro atoms. The highest BCUT2D eigenvalue weighted by atomic mass is 19.4. The summed E-state index contributed by atoms with van der Waals surface area (Å²) in [5, 5.41) is 2.90. The standard InChI is InChI=1S/C12H14F3N3O/c13-12(14,15)9-6-18-5-8(3-4-10(18)17-9)16-11(19)7-1-2-7/h6-8H,1-5H2,(H,16,19). The summed E-state index contributed by atoms with van der Waals surface area (Å²) in [6.45, 7) is 0.372. The second-order valence-corrected chi connectivity index (χ2v) is 5.21. The molecule has 0 saturated heterocycles. The summed E-state index contributed by atoms with van der Waals surface area (Å²) >= 11 is 0. The molecule has 1 fully saturated rings. The molecule has 1 saturated carbocycles. The zero-order valence-electron chi connectivity index (χ0n) is 10.2. The highest BCUT2D eigenvalue weighted by molar-refractivity contribution is 5.81. The lowest BCUT2D eigenvalue weighted by atomic mass is 10.1. The molecule has 1 N–H and O–H groups in total. The zero-order chi connectivity index (χ0) is 13.6. The third-order valence-corrected chi connectivity index (χ3v) is 3.58. The van der Waals surface area contributed by atoms with E-state index in [1.165, 1.54) is 4.57 Å². The number of aryl methyl sites for hydroxylation is 1. The van der Waals surface area contributed by atoms with Crippen molar-refractivity contribution in [3.63, 3.8) is 0 Å². The van der Waals surface area contributed by atoms with Crippen molar-refractivity contribution in [1.29, 1.82) is 0 Å². The number of fused-ring (bicyclic) bond motifs is 1. The number of imidazole rings is 1. The van der Waals surface area contributed by atoms with E-state index in [9.17, 15) is 18.0 Å². The van der Waals surface area contributed by atoms with Crippen molar-refractivity contribution in [3.05, 3.63) is 17.7 Å². The van der Waals surface area contributed by atoms with E-state index in [1.54, 1.807) is 0 Å². The Labute approximate surface area is 108 Å². The largest absolute Gasteiger partial charge is 0.434 e. The van der Waals surface area contributed by atoms with Crippen LogP contribution in [0.15, 0.2) is 6.20 Å². The summed E-state index contributed by atoms with van der Waals surface area (Å²) in [4.78, 5) is 15.2. The number of amides is 1. The summed E-state index contributed by atoms with van der Waals surface area (Å²) in [5.74, 6) is 0.601. The maximum Gasteiger partial charge on any atom is 0.434 e.